The number of morpholine rings is 1. The largest absolute Gasteiger partial charge is 0.496 e. The normalized spacial score (nSPS) is 18.7. The number of hydrogen-bond acceptors (Lipinski definition) is 4. The highest BCUT2D eigenvalue weighted by Crippen LogP contribution is 2.24. The average molecular weight is 315 g/mol. The van der Waals surface area contributed by atoms with Crippen LogP contribution in [0.4, 0.5) is 0 Å². The number of halogens is 1. The van der Waals surface area contributed by atoms with Crippen molar-refractivity contribution < 1.29 is 14.3 Å². The minimum atomic E-state index is -0.409. The SMILES string of the molecule is COc1ccc(Cl)cc1C(=O)N1CCOC(C(N)=S)C1. The van der Waals surface area contributed by atoms with E-state index in [1.807, 2.05) is 0 Å². The zero-order valence-electron chi connectivity index (χ0n) is 11.0. The van der Waals surface area contributed by atoms with Crippen LogP contribution in [0, 0.1) is 0 Å². The van der Waals surface area contributed by atoms with Gasteiger partial charge in [0.25, 0.3) is 5.91 Å². The first kappa shape index (κ1) is 15.0. The van der Waals surface area contributed by atoms with Crippen LogP contribution in [0.25, 0.3) is 0 Å². The molecule has 1 atom stereocenters. The molecule has 1 fully saturated rings. The lowest BCUT2D eigenvalue weighted by molar-refractivity contribution is 0.00864. The van der Waals surface area contributed by atoms with Crippen molar-refractivity contribution in [2.45, 2.75) is 6.10 Å². The molecule has 0 saturated carbocycles. The van der Waals surface area contributed by atoms with E-state index in [9.17, 15) is 4.79 Å². The van der Waals surface area contributed by atoms with E-state index in [-0.39, 0.29) is 10.9 Å². The van der Waals surface area contributed by atoms with Crippen molar-refractivity contribution >= 4 is 34.7 Å². The second-order valence-corrected chi connectivity index (χ2v) is 5.27. The molecule has 0 spiro atoms. The van der Waals surface area contributed by atoms with Crippen molar-refractivity contribution in [3.8, 4) is 5.75 Å². The minimum Gasteiger partial charge on any atom is -0.496 e. The maximum Gasteiger partial charge on any atom is 0.257 e. The third-order valence-corrected chi connectivity index (χ3v) is 3.56. The second-order valence-electron chi connectivity index (χ2n) is 4.36. The monoisotopic (exact) mass is 314 g/mol. The molecule has 5 nitrogen and oxygen atoms in total. The molecule has 7 heteroatoms. The van der Waals surface area contributed by atoms with Crippen LogP contribution < -0.4 is 10.5 Å². The van der Waals surface area contributed by atoms with Gasteiger partial charge in [-0.15, -0.1) is 0 Å². The maximum atomic E-state index is 12.5. The third-order valence-electron chi connectivity index (χ3n) is 3.06. The van der Waals surface area contributed by atoms with Crippen LogP contribution in [0.1, 0.15) is 10.4 Å². The van der Waals surface area contributed by atoms with Crippen molar-refractivity contribution in [2.24, 2.45) is 5.73 Å². The van der Waals surface area contributed by atoms with Crippen molar-refractivity contribution in [3.63, 3.8) is 0 Å². The molecule has 108 valence electrons. The quantitative estimate of drug-likeness (QED) is 0.856. The highest BCUT2D eigenvalue weighted by Gasteiger charge is 2.28. The number of amides is 1. The van der Waals surface area contributed by atoms with E-state index in [0.29, 0.717) is 36.0 Å². The summed E-state index contributed by atoms with van der Waals surface area (Å²) in [6.45, 7) is 1.22. The fourth-order valence-electron chi connectivity index (χ4n) is 2.02. The molecule has 1 aliphatic heterocycles. The predicted molar refractivity (Wildman–Crippen MR) is 80.4 cm³/mol. The summed E-state index contributed by atoms with van der Waals surface area (Å²) in [5.74, 6) is 0.312. The molecule has 0 aliphatic carbocycles. The molecule has 0 aromatic heterocycles. The number of nitrogens with zero attached hydrogens (tertiary/aromatic N) is 1. The lowest BCUT2D eigenvalue weighted by atomic mass is 10.1. The second kappa shape index (κ2) is 6.39. The van der Waals surface area contributed by atoms with Gasteiger partial charge in [0.2, 0.25) is 0 Å². The van der Waals surface area contributed by atoms with Crippen molar-refractivity contribution in [3.05, 3.63) is 28.8 Å². The van der Waals surface area contributed by atoms with Crippen molar-refractivity contribution in [1.29, 1.82) is 0 Å². The predicted octanol–water partition coefficient (Wildman–Crippen LogP) is 1.48. The smallest absolute Gasteiger partial charge is 0.257 e. The molecule has 1 aromatic rings. The Balaban J connectivity index is 2.22. The van der Waals surface area contributed by atoms with Crippen LogP contribution in [0.3, 0.4) is 0 Å². The molecule has 2 N–H and O–H groups in total. The lowest BCUT2D eigenvalue weighted by Crippen LogP contribution is -2.50. The molecule has 1 unspecified atom stereocenters. The molecule has 0 radical (unpaired) electrons. The van der Waals surface area contributed by atoms with Gasteiger partial charge in [-0.1, -0.05) is 23.8 Å². The number of rotatable bonds is 3. The molecule has 1 aromatic carbocycles. The van der Waals surface area contributed by atoms with E-state index in [0.717, 1.165) is 0 Å². The van der Waals surface area contributed by atoms with Gasteiger partial charge in [0.15, 0.2) is 0 Å². The number of benzene rings is 1. The third kappa shape index (κ3) is 3.20. The summed E-state index contributed by atoms with van der Waals surface area (Å²) in [5.41, 5.74) is 5.99. The van der Waals surface area contributed by atoms with Crippen LogP contribution in [-0.4, -0.2) is 48.7 Å². The first-order valence-corrected chi connectivity index (χ1v) is 6.85. The Kier molecular flexibility index (Phi) is 4.80. The van der Waals surface area contributed by atoms with E-state index in [2.05, 4.69) is 0 Å². The Morgan fingerprint density at radius 3 is 3.00 bits per heavy atom. The Morgan fingerprint density at radius 2 is 2.35 bits per heavy atom. The van der Waals surface area contributed by atoms with E-state index in [1.165, 1.54) is 7.11 Å². The Morgan fingerprint density at radius 1 is 1.60 bits per heavy atom. The van der Waals surface area contributed by atoms with E-state index >= 15 is 0 Å². The molecule has 0 bridgehead atoms. The number of methoxy groups -OCH3 is 1. The number of nitrogens with two attached hydrogens (primary N) is 1. The number of carbonyl (C=O) groups is 1. The van der Waals surface area contributed by atoms with E-state index in [1.54, 1.807) is 23.1 Å². The van der Waals surface area contributed by atoms with Gasteiger partial charge in [-0.3, -0.25) is 4.79 Å². The number of ether oxygens (including phenoxy) is 2. The topological polar surface area (TPSA) is 64.8 Å². The summed E-state index contributed by atoms with van der Waals surface area (Å²) in [6, 6.07) is 4.93. The Hall–Kier alpha value is -1.37. The first-order valence-electron chi connectivity index (χ1n) is 6.06. The highest BCUT2D eigenvalue weighted by molar-refractivity contribution is 7.80. The highest BCUT2D eigenvalue weighted by atomic mass is 35.5. The fraction of sp³-hybridized carbons (Fsp3) is 0.385. The molecular formula is C13H15ClN2O3S. The Bertz CT molecular complexity index is 538. The zero-order chi connectivity index (χ0) is 14.7. The van der Waals surface area contributed by atoms with Gasteiger partial charge in [-0.25, -0.2) is 0 Å². The van der Waals surface area contributed by atoms with Gasteiger partial charge in [0.1, 0.15) is 16.8 Å². The standard InChI is InChI=1S/C13H15ClN2O3S/c1-18-10-3-2-8(14)6-9(10)13(17)16-4-5-19-11(7-16)12(15)20/h2-3,6,11H,4-5,7H2,1H3,(H2,15,20). The van der Waals surface area contributed by atoms with E-state index in [4.69, 9.17) is 39.0 Å². The van der Waals surface area contributed by atoms with Crippen LogP contribution >= 0.6 is 23.8 Å². The van der Waals surface area contributed by atoms with Crippen molar-refractivity contribution in [1.82, 2.24) is 4.90 Å². The number of carbonyl (C=O) groups excluding carboxylic acids is 1. The fourth-order valence-corrected chi connectivity index (χ4v) is 2.34. The van der Waals surface area contributed by atoms with Gasteiger partial charge >= 0.3 is 0 Å². The van der Waals surface area contributed by atoms with Gasteiger partial charge in [0.05, 0.1) is 25.8 Å². The summed E-state index contributed by atoms with van der Waals surface area (Å²) in [7, 11) is 1.51. The minimum absolute atomic E-state index is 0.172. The maximum absolute atomic E-state index is 12.5. The summed E-state index contributed by atoms with van der Waals surface area (Å²) in [5, 5.41) is 0.480. The van der Waals surface area contributed by atoms with Gasteiger partial charge in [-0.2, -0.15) is 0 Å². The zero-order valence-corrected chi connectivity index (χ0v) is 12.5. The summed E-state index contributed by atoms with van der Waals surface area (Å²) >= 11 is 10.9. The summed E-state index contributed by atoms with van der Waals surface area (Å²) in [4.78, 5) is 14.4. The molecule has 1 aliphatic rings. The lowest BCUT2D eigenvalue weighted by Gasteiger charge is -2.32. The van der Waals surface area contributed by atoms with Crippen LogP contribution in [-0.2, 0) is 4.74 Å². The van der Waals surface area contributed by atoms with Gasteiger partial charge < -0.3 is 20.1 Å². The molecule has 1 saturated heterocycles. The molecular weight excluding hydrogens is 300 g/mol. The summed E-state index contributed by atoms with van der Waals surface area (Å²) < 4.78 is 10.6. The van der Waals surface area contributed by atoms with Gasteiger partial charge in [0, 0.05) is 11.6 Å². The van der Waals surface area contributed by atoms with Crippen LogP contribution in [0.2, 0.25) is 5.02 Å². The Labute approximate surface area is 127 Å². The van der Waals surface area contributed by atoms with Crippen LogP contribution in [0.5, 0.6) is 5.75 Å². The summed E-state index contributed by atoms with van der Waals surface area (Å²) in [6.07, 6.45) is -0.409. The van der Waals surface area contributed by atoms with Gasteiger partial charge in [-0.05, 0) is 18.2 Å². The molecule has 1 heterocycles. The van der Waals surface area contributed by atoms with Crippen LogP contribution in [0.15, 0.2) is 18.2 Å². The average Bonchev–Trinajstić information content (AvgIpc) is 2.46. The number of hydrogen-bond donors (Lipinski definition) is 1. The molecule has 1 amide bonds. The molecule has 20 heavy (non-hydrogen) atoms. The first-order chi connectivity index (χ1) is 9.52. The van der Waals surface area contributed by atoms with E-state index < -0.39 is 6.10 Å². The number of thiocarbonyl (C=S) groups is 1. The molecule has 2 rings (SSSR count). The van der Waals surface area contributed by atoms with Crippen molar-refractivity contribution in [2.75, 3.05) is 26.8 Å².